The first-order valence-corrected chi connectivity index (χ1v) is 10.9. The molecule has 6 nitrogen and oxygen atoms in total. The van der Waals surface area contributed by atoms with Crippen molar-refractivity contribution in [2.24, 2.45) is 0 Å². The fraction of sp³-hybridized carbons (Fsp3) is 0.208. The van der Waals surface area contributed by atoms with E-state index in [2.05, 4.69) is 5.32 Å². The lowest BCUT2D eigenvalue weighted by Crippen LogP contribution is -2.28. The summed E-state index contributed by atoms with van der Waals surface area (Å²) in [6, 6.07) is 17.0. The van der Waals surface area contributed by atoms with Crippen LogP contribution in [0, 0.1) is 0 Å². The van der Waals surface area contributed by atoms with E-state index in [4.69, 9.17) is 4.74 Å². The van der Waals surface area contributed by atoms with E-state index in [9.17, 15) is 14.4 Å². The maximum atomic E-state index is 12.9. The predicted molar refractivity (Wildman–Crippen MR) is 123 cm³/mol. The van der Waals surface area contributed by atoms with Crippen LogP contribution in [0.15, 0.2) is 66.0 Å². The zero-order chi connectivity index (χ0) is 22.2. The smallest absolute Gasteiger partial charge is 0.338 e. The van der Waals surface area contributed by atoms with Gasteiger partial charge in [0.15, 0.2) is 0 Å². The summed E-state index contributed by atoms with van der Waals surface area (Å²) < 4.78 is 5.19. The molecule has 0 unspecified atom stereocenters. The molecule has 0 saturated carbocycles. The number of para-hydroxylation sites is 1. The van der Waals surface area contributed by atoms with Crippen LogP contribution in [0.4, 0.5) is 11.4 Å². The quantitative estimate of drug-likeness (QED) is 0.387. The minimum atomic E-state index is -0.384. The second-order valence-corrected chi connectivity index (χ2v) is 7.83. The predicted octanol–water partition coefficient (Wildman–Crippen LogP) is 5.23. The van der Waals surface area contributed by atoms with Crippen LogP contribution >= 0.6 is 11.3 Å². The van der Waals surface area contributed by atoms with Crippen LogP contribution in [-0.4, -0.2) is 31.4 Å². The van der Waals surface area contributed by atoms with Gasteiger partial charge in [-0.2, -0.15) is 0 Å². The third-order valence-corrected chi connectivity index (χ3v) is 5.51. The van der Waals surface area contributed by atoms with E-state index in [1.807, 2.05) is 18.4 Å². The standard InChI is InChI=1S/C24H24N2O4S/c1-3-4-15-30-24(29)17-11-13-18(14-12-17)25-22(27)19-8-5-6-9-20(19)26(2)23(28)21-10-7-16-31-21/h5-14,16H,3-4,15H2,1-2H3,(H,25,27). The number of esters is 1. The Morgan fingerprint density at radius 3 is 2.42 bits per heavy atom. The summed E-state index contributed by atoms with van der Waals surface area (Å²) >= 11 is 1.35. The van der Waals surface area contributed by atoms with Gasteiger partial charge in [0.05, 0.1) is 28.3 Å². The van der Waals surface area contributed by atoms with Crippen LogP contribution in [0.3, 0.4) is 0 Å². The van der Waals surface area contributed by atoms with Crippen molar-refractivity contribution in [1.29, 1.82) is 0 Å². The van der Waals surface area contributed by atoms with Crippen LogP contribution < -0.4 is 10.2 Å². The van der Waals surface area contributed by atoms with E-state index in [0.29, 0.717) is 34.0 Å². The van der Waals surface area contributed by atoms with Crippen molar-refractivity contribution >= 4 is 40.5 Å². The lowest BCUT2D eigenvalue weighted by molar-refractivity contribution is 0.0499. The molecule has 2 amide bonds. The van der Waals surface area contributed by atoms with Crippen LogP contribution in [0.5, 0.6) is 0 Å². The fourth-order valence-electron chi connectivity index (χ4n) is 2.91. The first-order chi connectivity index (χ1) is 15.0. The largest absolute Gasteiger partial charge is 0.462 e. The van der Waals surface area contributed by atoms with E-state index in [0.717, 1.165) is 12.8 Å². The van der Waals surface area contributed by atoms with Gasteiger partial charge in [0, 0.05) is 12.7 Å². The molecule has 1 N–H and O–H groups in total. The molecule has 3 aromatic rings. The van der Waals surface area contributed by atoms with Crippen molar-refractivity contribution in [3.05, 3.63) is 82.0 Å². The first-order valence-electron chi connectivity index (χ1n) is 10.0. The first kappa shape index (κ1) is 22.2. The fourth-order valence-corrected chi connectivity index (χ4v) is 3.61. The molecule has 0 bridgehead atoms. The van der Waals surface area contributed by atoms with Gasteiger partial charge in [-0.25, -0.2) is 4.79 Å². The maximum Gasteiger partial charge on any atom is 0.338 e. The summed E-state index contributed by atoms with van der Waals surface area (Å²) in [7, 11) is 1.65. The SMILES string of the molecule is CCCCOC(=O)c1ccc(NC(=O)c2ccccc2N(C)C(=O)c2cccs2)cc1. The maximum absolute atomic E-state index is 12.9. The summed E-state index contributed by atoms with van der Waals surface area (Å²) in [5.74, 6) is -0.911. The van der Waals surface area contributed by atoms with Gasteiger partial charge in [-0.05, 0) is 54.3 Å². The van der Waals surface area contributed by atoms with Gasteiger partial charge >= 0.3 is 5.97 Å². The number of hydrogen-bond donors (Lipinski definition) is 1. The van der Waals surface area contributed by atoms with Crippen molar-refractivity contribution in [2.45, 2.75) is 19.8 Å². The highest BCUT2D eigenvalue weighted by molar-refractivity contribution is 7.12. The van der Waals surface area contributed by atoms with Crippen LogP contribution in [0.2, 0.25) is 0 Å². The van der Waals surface area contributed by atoms with Crippen molar-refractivity contribution in [1.82, 2.24) is 0 Å². The monoisotopic (exact) mass is 436 g/mol. The van der Waals surface area contributed by atoms with Gasteiger partial charge in [-0.1, -0.05) is 31.5 Å². The van der Waals surface area contributed by atoms with E-state index in [-0.39, 0.29) is 17.8 Å². The molecule has 0 aliphatic rings. The molecular weight excluding hydrogens is 412 g/mol. The molecule has 0 atom stereocenters. The van der Waals surface area contributed by atoms with Gasteiger partial charge in [0.2, 0.25) is 0 Å². The number of thiophene rings is 1. The average Bonchev–Trinajstić information content (AvgIpc) is 3.33. The van der Waals surface area contributed by atoms with Crippen LogP contribution in [0.25, 0.3) is 0 Å². The molecule has 0 aliphatic heterocycles. The number of benzene rings is 2. The molecule has 1 aromatic heterocycles. The summed E-state index contributed by atoms with van der Waals surface area (Å²) in [5, 5.41) is 4.66. The molecule has 1 heterocycles. The molecule has 160 valence electrons. The highest BCUT2D eigenvalue weighted by atomic mass is 32.1. The Balaban J connectivity index is 1.71. The number of anilines is 2. The number of carbonyl (C=O) groups is 3. The molecule has 3 rings (SSSR count). The third-order valence-electron chi connectivity index (χ3n) is 4.66. The molecule has 0 radical (unpaired) electrons. The molecule has 0 spiro atoms. The second-order valence-electron chi connectivity index (χ2n) is 6.88. The van der Waals surface area contributed by atoms with Gasteiger partial charge in [-0.3, -0.25) is 9.59 Å². The number of hydrogen-bond acceptors (Lipinski definition) is 5. The Kier molecular flexibility index (Phi) is 7.56. The number of rotatable bonds is 8. The van der Waals surface area contributed by atoms with Gasteiger partial charge in [0.25, 0.3) is 11.8 Å². The molecule has 0 saturated heterocycles. The third kappa shape index (κ3) is 5.58. The van der Waals surface area contributed by atoms with Crippen molar-refractivity contribution in [3.63, 3.8) is 0 Å². The Labute approximate surface area is 185 Å². The summed E-state index contributed by atoms with van der Waals surface area (Å²) in [6.45, 7) is 2.42. The van der Waals surface area contributed by atoms with Gasteiger partial charge < -0.3 is 15.0 Å². The number of ether oxygens (including phenoxy) is 1. The normalized spacial score (nSPS) is 10.4. The minimum Gasteiger partial charge on any atom is -0.462 e. The number of nitrogens with zero attached hydrogens (tertiary/aromatic N) is 1. The summed E-state index contributed by atoms with van der Waals surface area (Å²) in [5.41, 5.74) is 1.85. The number of unbranched alkanes of at least 4 members (excludes halogenated alkanes) is 1. The van der Waals surface area contributed by atoms with Crippen molar-refractivity contribution < 1.29 is 19.1 Å². The molecule has 0 aliphatic carbocycles. The number of amides is 2. The molecule has 7 heteroatoms. The van der Waals surface area contributed by atoms with Crippen molar-refractivity contribution in [3.8, 4) is 0 Å². The number of carbonyl (C=O) groups excluding carboxylic acids is 3. The van der Waals surface area contributed by atoms with Crippen molar-refractivity contribution in [2.75, 3.05) is 23.9 Å². The highest BCUT2D eigenvalue weighted by Gasteiger charge is 2.20. The van der Waals surface area contributed by atoms with E-state index in [1.54, 1.807) is 61.6 Å². The minimum absolute atomic E-state index is 0.179. The lowest BCUT2D eigenvalue weighted by atomic mass is 10.1. The van der Waals surface area contributed by atoms with E-state index in [1.165, 1.54) is 16.2 Å². The Morgan fingerprint density at radius 2 is 1.74 bits per heavy atom. The topological polar surface area (TPSA) is 75.7 Å². The second kappa shape index (κ2) is 10.5. The molecular formula is C24H24N2O4S. The summed E-state index contributed by atoms with van der Waals surface area (Å²) in [4.78, 5) is 39.7. The Morgan fingerprint density at radius 1 is 1.00 bits per heavy atom. The summed E-state index contributed by atoms with van der Waals surface area (Å²) in [6.07, 6.45) is 1.77. The highest BCUT2D eigenvalue weighted by Crippen LogP contribution is 2.24. The average molecular weight is 437 g/mol. The van der Waals surface area contributed by atoms with Gasteiger partial charge in [0.1, 0.15) is 0 Å². The Bertz CT molecular complexity index is 1050. The molecule has 31 heavy (non-hydrogen) atoms. The van der Waals surface area contributed by atoms with E-state index < -0.39 is 0 Å². The Hall–Kier alpha value is -3.45. The van der Waals surface area contributed by atoms with Gasteiger partial charge in [-0.15, -0.1) is 11.3 Å². The zero-order valence-corrected chi connectivity index (χ0v) is 18.3. The van der Waals surface area contributed by atoms with Crippen LogP contribution in [-0.2, 0) is 4.74 Å². The zero-order valence-electron chi connectivity index (χ0n) is 17.5. The molecule has 2 aromatic carbocycles. The molecule has 0 fully saturated rings. The lowest BCUT2D eigenvalue weighted by Gasteiger charge is -2.20. The number of nitrogens with one attached hydrogen (secondary N) is 1. The van der Waals surface area contributed by atoms with E-state index >= 15 is 0 Å². The van der Waals surface area contributed by atoms with Crippen LogP contribution in [0.1, 0.15) is 50.2 Å².